The summed E-state index contributed by atoms with van der Waals surface area (Å²) in [4.78, 5) is 26.2. The maximum absolute atomic E-state index is 12.2. The van der Waals surface area contributed by atoms with E-state index in [1.54, 1.807) is 10.6 Å². The second-order valence-electron chi connectivity index (χ2n) is 4.35. The second kappa shape index (κ2) is 5.39. The van der Waals surface area contributed by atoms with Crippen molar-refractivity contribution in [1.29, 1.82) is 0 Å². The van der Waals surface area contributed by atoms with E-state index in [2.05, 4.69) is 10.2 Å². The van der Waals surface area contributed by atoms with Crippen LogP contribution in [0.25, 0.3) is 0 Å². The smallest absolute Gasteiger partial charge is 0.332 e. The van der Waals surface area contributed by atoms with Crippen LogP contribution in [0.4, 0.5) is 5.82 Å². The van der Waals surface area contributed by atoms with E-state index in [4.69, 9.17) is 0 Å². The number of nitrogens with one attached hydrogen (secondary N) is 1. The van der Waals surface area contributed by atoms with Gasteiger partial charge in [0.25, 0.3) is 5.56 Å². The van der Waals surface area contributed by atoms with Crippen molar-refractivity contribution in [3.05, 3.63) is 26.9 Å². The minimum Gasteiger partial charge on any atom is -0.355 e. The Morgan fingerprint density at radius 3 is 2.28 bits per heavy atom. The zero-order valence-corrected chi connectivity index (χ0v) is 11.0. The van der Waals surface area contributed by atoms with E-state index in [1.807, 2.05) is 13.8 Å². The Labute approximate surface area is 106 Å². The van der Waals surface area contributed by atoms with E-state index in [1.165, 1.54) is 4.57 Å². The van der Waals surface area contributed by atoms with Gasteiger partial charge in [0.1, 0.15) is 5.82 Å². The lowest BCUT2D eigenvalue weighted by molar-refractivity contribution is 0.542. The Hall–Kier alpha value is -1.56. The van der Waals surface area contributed by atoms with Crippen molar-refractivity contribution in [2.45, 2.75) is 26.9 Å². The Morgan fingerprint density at radius 1 is 1.11 bits per heavy atom. The van der Waals surface area contributed by atoms with Crippen LogP contribution in [0.2, 0.25) is 0 Å². The van der Waals surface area contributed by atoms with Crippen molar-refractivity contribution in [3.63, 3.8) is 0 Å². The van der Waals surface area contributed by atoms with Crippen LogP contribution < -0.4 is 21.5 Å². The van der Waals surface area contributed by atoms with Gasteiger partial charge in [-0.15, -0.1) is 0 Å². The lowest BCUT2D eigenvalue weighted by Gasteiger charge is -2.31. The fraction of sp³-hybridized carbons (Fsp3) is 0.667. The number of nitrogens with zero attached hydrogens (tertiary/aromatic N) is 3. The highest BCUT2D eigenvalue weighted by atomic mass is 16.2. The van der Waals surface area contributed by atoms with Crippen LogP contribution >= 0.6 is 0 Å². The number of hydrogen-bond acceptors (Lipinski definition) is 4. The summed E-state index contributed by atoms with van der Waals surface area (Å²) in [6.45, 7) is 8.16. The third-order valence-corrected chi connectivity index (χ3v) is 3.33. The molecular weight excluding hydrogens is 232 g/mol. The van der Waals surface area contributed by atoms with Crippen LogP contribution in [0.3, 0.4) is 0 Å². The molecule has 0 radical (unpaired) electrons. The molecule has 6 heteroatoms. The summed E-state index contributed by atoms with van der Waals surface area (Å²) in [6.07, 6.45) is 0. The molecule has 100 valence electrons. The minimum atomic E-state index is -0.208. The van der Waals surface area contributed by atoms with Crippen LogP contribution in [0.15, 0.2) is 15.7 Å². The molecule has 1 fully saturated rings. The van der Waals surface area contributed by atoms with Crippen LogP contribution in [-0.2, 0) is 13.1 Å². The van der Waals surface area contributed by atoms with Gasteiger partial charge in [0.2, 0.25) is 0 Å². The van der Waals surface area contributed by atoms with Crippen LogP contribution in [-0.4, -0.2) is 35.3 Å². The summed E-state index contributed by atoms with van der Waals surface area (Å²) in [7, 11) is 0. The molecule has 2 rings (SSSR count). The molecule has 0 atom stereocenters. The zero-order chi connectivity index (χ0) is 13.1. The maximum atomic E-state index is 12.2. The van der Waals surface area contributed by atoms with E-state index in [0.29, 0.717) is 13.1 Å². The summed E-state index contributed by atoms with van der Waals surface area (Å²) < 4.78 is 2.95. The largest absolute Gasteiger partial charge is 0.355 e. The molecule has 0 unspecified atom stereocenters. The highest BCUT2D eigenvalue weighted by Crippen LogP contribution is 2.10. The van der Waals surface area contributed by atoms with Gasteiger partial charge in [-0.25, -0.2) is 4.79 Å². The number of aromatic nitrogens is 2. The Morgan fingerprint density at radius 2 is 1.72 bits per heavy atom. The van der Waals surface area contributed by atoms with Crippen molar-refractivity contribution in [2.75, 3.05) is 31.1 Å². The molecule has 1 aromatic heterocycles. The van der Waals surface area contributed by atoms with Crippen LogP contribution in [0, 0.1) is 0 Å². The zero-order valence-electron chi connectivity index (χ0n) is 11.0. The number of anilines is 1. The molecule has 0 aliphatic carbocycles. The van der Waals surface area contributed by atoms with Gasteiger partial charge in [-0.2, -0.15) is 0 Å². The normalized spacial score (nSPS) is 16.0. The first-order valence-corrected chi connectivity index (χ1v) is 6.49. The average Bonchev–Trinajstić information content (AvgIpc) is 2.39. The second-order valence-corrected chi connectivity index (χ2v) is 4.35. The van der Waals surface area contributed by atoms with Gasteiger partial charge in [0.05, 0.1) is 0 Å². The maximum Gasteiger partial charge on any atom is 0.332 e. The number of piperazine rings is 1. The average molecular weight is 252 g/mol. The SMILES string of the molecule is CCn1c(N2CCNCC2)cc(=O)n(CC)c1=O. The summed E-state index contributed by atoms with van der Waals surface area (Å²) in [5, 5.41) is 3.26. The Bertz CT molecular complexity index is 526. The molecule has 0 bridgehead atoms. The first kappa shape index (κ1) is 12.9. The van der Waals surface area contributed by atoms with Crippen molar-refractivity contribution in [1.82, 2.24) is 14.5 Å². The monoisotopic (exact) mass is 252 g/mol. The molecule has 2 heterocycles. The van der Waals surface area contributed by atoms with Gasteiger partial charge < -0.3 is 10.2 Å². The van der Waals surface area contributed by atoms with Gasteiger partial charge in [-0.3, -0.25) is 13.9 Å². The molecule has 0 aromatic carbocycles. The van der Waals surface area contributed by atoms with Crippen molar-refractivity contribution in [2.24, 2.45) is 0 Å². The van der Waals surface area contributed by atoms with Crippen molar-refractivity contribution in [3.8, 4) is 0 Å². The summed E-state index contributed by atoms with van der Waals surface area (Å²) in [6, 6.07) is 1.58. The third-order valence-electron chi connectivity index (χ3n) is 3.33. The molecule has 18 heavy (non-hydrogen) atoms. The molecule has 1 N–H and O–H groups in total. The van der Waals surface area contributed by atoms with E-state index >= 15 is 0 Å². The predicted molar refractivity (Wildman–Crippen MR) is 71.4 cm³/mol. The topological polar surface area (TPSA) is 59.3 Å². The van der Waals surface area contributed by atoms with Gasteiger partial charge in [0, 0.05) is 45.3 Å². The lowest BCUT2D eigenvalue weighted by Crippen LogP contribution is -2.48. The predicted octanol–water partition coefficient (Wildman–Crippen LogP) is -0.541. The van der Waals surface area contributed by atoms with Gasteiger partial charge in [-0.1, -0.05) is 0 Å². The van der Waals surface area contributed by atoms with E-state index in [-0.39, 0.29) is 11.2 Å². The van der Waals surface area contributed by atoms with Gasteiger partial charge >= 0.3 is 5.69 Å². The van der Waals surface area contributed by atoms with Crippen LogP contribution in [0.1, 0.15) is 13.8 Å². The Kier molecular flexibility index (Phi) is 3.86. The van der Waals surface area contributed by atoms with Crippen molar-refractivity contribution < 1.29 is 0 Å². The van der Waals surface area contributed by atoms with Crippen LogP contribution in [0.5, 0.6) is 0 Å². The number of rotatable bonds is 3. The molecule has 0 spiro atoms. The molecule has 6 nitrogen and oxygen atoms in total. The molecule has 0 amide bonds. The molecule has 1 aliphatic heterocycles. The first-order chi connectivity index (χ1) is 8.69. The first-order valence-electron chi connectivity index (χ1n) is 6.49. The molecule has 0 saturated carbocycles. The third kappa shape index (κ3) is 2.20. The molecule has 1 saturated heterocycles. The number of hydrogen-bond donors (Lipinski definition) is 1. The molecular formula is C12H20N4O2. The minimum absolute atomic E-state index is 0.207. The van der Waals surface area contributed by atoms with Gasteiger partial charge in [-0.05, 0) is 13.8 Å². The van der Waals surface area contributed by atoms with Gasteiger partial charge in [0.15, 0.2) is 0 Å². The summed E-state index contributed by atoms with van der Waals surface area (Å²) in [5.74, 6) is 0.749. The molecule has 1 aromatic rings. The summed E-state index contributed by atoms with van der Waals surface area (Å²) >= 11 is 0. The Balaban J connectivity index is 2.53. The molecule has 1 aliphatic rings. The standard InChI is InChI=1S/C12H20N4O2/c1-3-15-10(14-7-5-13-6-8-14)9-11(17)16(4-2)12(15)18/h9,13H,3-8H2,1-2H3. The fourth-order valence-corrected chi connectivity index (χ4v) is 2.35. The fourth-order valence-electron chi connectivity index (χ4n) is 2.35. The van der Waals surface area contributed by atoms with E-state index < -0.39 is 0 Å². The summed E-state index contributed by atoms with van der Waals surface area (Å²) in [5.41, 5.74) is -0.415. The van der Waals surface area contributed by atoms with Crippen molar-refractivity contribution >= 4 is 5.82 Å². The van der Waals surface area contributed by atoms with E-state index in [9.17, 15) is 9.59 Å². The highest BCUT2D eigenvalue weighted by molar-refractivity contribution is 5.39. The van der Waals surface area contributed by atoms with E-state index in [0.717, 1.165) is 32.0 Å². The quantitative estimate of drug-likeness (QED) is 0.785. The lowest BCUT2D eigenvalue weighted by atomic mass is 10.3. The highest BCUT2D eigenvalue weighted by Gasteiger charge is 2.17.